The zero-order valence-corrected chi connectivity index (χ0v) is 19.5. The molecule has 36 heavy (non-hydrogen) atoms. The number of nitro benzene ring substituents is 1. The summed E-state index contributed by atoms with van der Waals surface area (Å²) in [5.41, 5.74) is 2.79. The molecular weight excluding hydrogens is 458 g/mol. The Hall–Kier alpha value is -4.78. The van der Waals surface area contributed by atoms with Gasteiger partial charge in [-0.05, 0) is 54.4 Å². The van der Waals surface area contributed by atoms with E-state index in [1.54, 1.807) is 54.6 Å². The Morgan fingerprint density at radius 3 is 2.17 bits per heavy atom. The molecule has 0 aliphatic carbocycles. The number of aryl methyl sites for hydroxylation is 1. The van der Waals surface area contributed by atoms with E-state index < -0.39 is 22.8 Å². The Balaban J connectivity index is 1.50. The fourth-order valence-electron chi connectivity index (χ4n) is 3.58. The highest BCUT2D eigenvalue weighted by molar-refractivity contribution is 6.02. The first-order valence-electron chi connectivity index (χ1n) is 11.2. The van der Waals surface area contributed by atoms with E-state index in [0.717, 1.165) is 16.9 Å². The summed E-state index contributed by atoms with van der Waals surface area (Å²) in [4.78, 5) is 36.6. The zero-order valence-electron chi connectivity index (χ0n) is 19.5. The predicted molar refractivity (Wildman–Crippen MR) is 134 cm³/mol. The van der Waals surface area contributed by atoms with E-state index in [4.69, 9.17) is 9.47 Å². The van der Waals surface area contributed by atoms with Crippen molar-refractivity contribution in [1.29, 1.82) is 0 Å². The molecule has 0 N–H and O–H groups in total. The number of ketones is 1. The fraction of sp³-hybridized carbons (Fsp3) is 0.103. The van der Waals surface area contributed by atoms with Crippen molar-refractivity contribution in [3.05, 3.63) is 141 Å². The number of carbonyl (C=O) groups is 2. The third-order valence-corrected chi connectivity index (χ3v) is 5.51. The highest BCUT2D eigenvalue weighted by Crippen LogP contribution is 2.26. The molecular formula is C29H23NO6. The van der Waals surface area contributed by atoms with Crippen LogP contribution in [0, 0.1) is 17.0 Å². The van der Waals surface area contributed by atoms with Crippen molar-refractivity contribution in [2.24, 2.45) is 0 Å². The standard InChI is InChI=1S/C29H23NO6/c1-20-6-5-9-26(18-20)35-19-21-10-12-24(13-11-21)29(32)36-28(27(31)22-7-3-2-4-8-22)23-14-16-25(17-15-23)30(33)34/h2-18,28H,19H2,1H3/t28-/m1/s1. The lowest BCUT2D eigenvalue weighted by Gasteiger charge is -2.17. The number of benzene rings is 4. The average Bonchev–Trinajstić information content (AvgIpc) is 2.91. The number of esters is 1. The van der Waals surface area contributed by atoms with Crippen LogP contribution in [0.2, 0.25) is 0 Å². The van der Waals surface area contributed by atoms with Gasteiger partial charge in [0.05, 0.1) is 10.5 Å². The Morgan fingerprint density at radius 2 is 1.53 bits per heavy atom. The maximum atomic E-state index is 13.2. The molecule has 0 amide bonds. The highest BCUT2D eigenvalue weighted by atomic mass is 16.6. The highest BCUT2D eigenvalue weighted by Gasteiger charge is 2.27. The summed E-state index contributed by atoms with van der Waals surface area (Å²) < 4.78 is 11.4. The van der Waals surface area contributed by atoms with E-state index in [0.29, 0.717) is 17.7 Å². The molecule has 0 saturated heterocycles. The number of rotatable bonds is 9. The first-order valence-corrected chi connectivity index (χ1v) is 11.2. The molecule has 0 bridgehead atoms. The lowest BCUT2D eigenvalue weighted by Crippen LogP contribution is -2.20. The SMILES string of the molecule is Cc1cccc(OCc2ccc(C(=O)O[C@@H](C(=O)c3ccccc3)c3ccc([N+](=O)[O-])cc3)cc2)c1. The molecule has 180 valence electrons. The Bertz CT molecular complexity index is 1370. The Kier molecular flexibility index (Phi) is 7.51. The first-order chi connectivity index (χ1) is 17.4. The maximum absolute atomic E-state index is 13.2. The van der Waals surface area contributed by atoms with Crippen molar-refractivity contribution in [2.45, 2.75) is 19.6 Å². The van der Waals surface area contributed by atoms with Crippen molar-refractivity contribution in [3.63, 3.8) is 0 Å². The zero-order chi connectivity index (χ0) is 25.5. The van der Waals surface area contributed by atoms with Gasteiger partial charge >= 0.3 is 5.97 Å². The first kappa shape index (κ1) is 24.3. The second-order valence-electron chi connectivity index (χ2n) is 8.17. The van der Waals surface area contributed by atoms with E-state index >= 15 is 0 Å². The number of hydrogen-bond acceptors (Lipinski definition) is 6. The molecule has 0 aliphatic rings. The van der Waals surface area contributed by atoms with Crippen LogP contribution >= 0.6 is 0 Å². The van der Waals surface area contributed by atoms with Gasteiger partial charge in [-0.2, -0.15) is 0 Å². The van der Waals surface area contributed by atoms with Crippen molar-refractivity contribution < 1.29 is 24.0 Å². The van der Waals surface area contributed by atoms with Gasteiger partial charge in [-0.3, -0.25) is 14.9 Å². The second kappa shape index (κ2) is 11.1. The van der Waals surface area contributed by atoms with Crippen LogP contribution in [0.5, 0.6) is 5.75 Å². The molecule has 0 aliphatic heterocycles. The fourth-order valence-corrected chi connectivity index (χ4v) is 3.58. The van der Waals surface area contributed by atoms with Crippen LogP contribution in [-0.4, -0.2) is 16.7 Å². The van der Waals surface area contributed by atoms with Gasteiger partial charge in [0.15, 0.2) is 6.10 Å². The van der Waals surface area contributed by atoms with E-state index in [9.17, 15) is 19.7 Å². The summed E-state index contributed by atoms with van der Waals surface area (Å²) in [5, 5.41) is 11.0. The largest absolute Gasteiger partial charge is 0.489 e. The lowest BCUT2D eigenvalue weighted by molar-refractivity contribution is -0.384. The number of non-ortho nitro benzene ring substituents is 1. The molecule has 0 radical (unpaired) electrons. The number of Topliss-reactive ketones (excluding diaryl/α,β-unsaturated/α-hetero) is 1. The van der Waals surface area contributed by atoms with E-state index in [1.807, 2.05) is 31.2 Å². The number of hydrogen-bond donors (Lipinski definition) is 0. The minimum atomic E-state index is -1.26. The summed E-state index contributed by atoms with van der Waals surface area (Å²) in [7, 11) is 0. The van der Waals surface area contributed by atoms with Crippen LogP contribution in [0.1, 0.15) is 43.5 Å². The van der Waals surface area contributed by atoms with Crippen LogP contribution in [0.15, 0.2) is 103 Å². The molecule has 7 nitrogen and oxygen atoms in total. The molecule has 0 unspecified atom stereocenters. The molecule has 4 aromatic carbocycles. The molecule has 4 rings (SSSR count). The van der Waals surface area contributed by atoms with Gasteiger partial charge in [-0.15, -0.1) is 0 Å². The summed E-state index contributed by atoms with van der Waals surface area (Å²) >= 11 is 0. The van der Waals surface area contributed by atoms with Crippen LogP contribution in [0.3, 0.4) is 0 Å². The molecule has 0 spiro atoms. The molecule has 4 aromatic rings. The summed E-state index contributed by atoms with van der Waals surface area (Å²) in [6.07, 6.45) is -1.26. The van der Waals surface area contributed by atoms with Gasteiger partial charge in [-0.25, -0.2) is 4.79 Å². The molecule has 0 saturated carbocycles. The molecule has 0 fully saturated rings. The van der Waals surface area contributed by atoms with Gasteiger partial charge in [-0.1, -0.05) is 54.6 Å². The molecule has 0 aromatic heterocycles. The Labute approximate surface area is 208 Å². The van der Waals surface area contributed by atoms with Gasteiger partial charge in [0, 0.05) is 23.3 Å². The number of carbonyl (C=O) groups excluding carboxylic acids is 2. The Morgan fingerprint density at radius 1 is 0.833 bits per heavy atom. The normalized spacial score (nSPS) is 11.4. The smallest absolute Gasteiger partial charge is 0.339 e. The summed E-state index contributed by atoms with van der Waals surface area (Å²) in [6, 6.07) is 28.3. The van der Waals surface area contributed by atoms with Crippen LogP contribution in [0.4, 0.5) is 5.69 Å². The maximum Gasteiger partial charge on any atom is 0.339 e. The van der Waals surface area contributed by atoms with Gasteiger partial charge in [0.25, 0.3) is 5.69 Å². The monoisotopic (exact) mass is 481 g/mol. The minimum absolute atomic E-state index is 0.126. The minimum Gasteiger partial charge on any atom is -0.489 e. The van der Waals surface area contributed by atoms with Crippen molar-refractivity contribution in [2.75, 3.05) is 0 Å². The predicted octanol–water partition coefficient (Wildman–Crippen LogP) is 6.26. The third kappa shape index (κ3) is 6.01. The third-order valence-electron chi connectivity index (χ3n) is 5.51. The van der Waals surface area contributed by atoms with E-state index in [1.165, 1.54) is 24.3 Å². The van der Waals surface area contributed by atoms with Gasteiger partial charge in [0.1, 0.15) is 12.4 Å². The molecule has 0 heterocycles. The number of ether oxygens (including phenoxy) is 2. The van der Waals surface area contributed by atoms with Crippen molar-refractivity contribution in [3.8, 4) is 5.75 Å². The molecule has 7 heteroatoms. The lowest BCUT2D eigenvalue weighted by atomic mass is 9.99. The van der Waals surface area contributed by atoms with Crippen LogP contribution < -0.4 is 4.74 Å². The molecule has 1 atom stereocenters. The van der Waals surface area contributed by atoms with Crippen molar-refractivity contribution in [1.82, 2.24) is 0 Å². The quantitative estimate of drug-likeness (QED) is 0.121. The van der Waals surface area contributed by atoms with Crippen LogP contribution in [0.25, 0.3) is 0 Å². The van der Waals surface area contributed by atoms with E-state index in [-0.39, 0.29) is 11.3 Å². The van der Waals surface area contributed by atoms with E-state index in [2.05, 4.69) is 0 Å². The van der Waals surface area contributed by atoms with Crippen molar-refractivity contribution >= 4 is 17.4 Å². The summed E-state index contributed by atoms with van der Waals surface area (Å²) in [6.45, 7) is 2.32. The summed E-state index contributed by atoms with van der Waals surface area (Å²) in [5.74, 6) is -0.362. The second-order valence-corrected chi connectivity index (χ2v) is 8.17. The van der Waals surface area contributed by atoms with Gasteiger partial charge < -0.3 is 9.47 Å². The average molecular weight is 482 g/mol. The number of nitrogens with zero attached hydrogens (tertiary/aromatic N) is 1. The van der Waals surface area contributed by atoms with Crippen LogP contribution in [-0.2, 0) is 11.3 Å². The van der Waals surface area contributed by atoms with Gasteiger partial charge in [0.2, 0.25) is 5.78 Å². The topological polar surface area (TPSA) is 95.7 Å². The number of nitro groups is 1.